The summed E-state index contributed by atoms with van der Waals surface area (Å²) in [5.41, 5.74) is 0.913. The Labute approximate surface area is 170 Å². The van der Waals surface area contributed by atoms with Crippen LogP contribution in [0.15, 0.2) is 35.5 Å². The zero-order chi connectivity index (χ0) is 21.5. The Morgan fingerprint density at radius 2 is 2.00 bits per heavy atom. The average molecular weight is 404 g/mol. The van der Waals surface area contributed by atoms with Crippen LogP contribution < -0.4 is 0 Å². The van der Waals surface area contributed by atoms with Crippen LogP contribution in [0.4, 0.5) is 0 Å². The first-order chi connectivity index (χ1) is 13.6. The molecule has 29 heavy (non-hydrogen) atoms. The number of hydrogen-bond acceptors (Lipinski definition) is 7. The van der Waals surface area contributed by atoms with Gasteiger partial charge in [-0.05, 0) is 46.1 Å². The fourth-order valence-corrected chi connectivity index (χ4v) is 4.07. The van der Waals surface area contributed by atoms with Gasteiger partial charge in [0.15, 0.2) is 12.2 Å². The maximum atomic E-state index is 12.6. The SMILES string of the molecule is C=C1C(=O)O[C@@H]2C1[C@@H](OC(=O)/C(C)=C\C)[C@H](OC(C)=O)/C(C)=C/CC[C@]1(C)O[C@H]21. The van der Waals surface area contributed by atoms with Crippen molar-refractivity contribution in [1.29, 1.82) is 0 Å². The van der Waals surface area contributed by atoms with Gasteiger partial charge >= 0.3 is 17.9 Å². The average Bonchev–Trinajstić information content (AvgIpc) is 3.24. The maximum absolute atomic E-state index is 12.6. The molecule has 1 unspecified atom stereocenters. The van der Waals surface area contributed by atoms with E-state index in [0.717, 1.165) is 12.0 Å². The van der Waals surface area contributed by atoms with Gasteiger partial charge in [-0.25, -0.2) is 9.59 Å². The summed E-state index contributed by atoms with van der Waals surface area (Å²) < 4.78 is 22.9. The number of fused-ring (bicyclic) bond motifs is 3. The molecule has 0 radical (unpaired) electrons. The van der Waals surface area contributed by atoms with Crippen molar-refractivity contribution in [2.75, 3.05) is 0 Å². The summed E-state index contributed by atoms with van der Waals surface area (Å²) in [5.74, 6) is -2.30. The molecule has 7 heteroatoms. The van der Waals surface area contributed by atoms with Crippen LogP contribution in [0.2, 0.25) is 0 Å². The minimum Gasteiger partial charge on any atom is -0.455 e. The molecule has 158 valence electrons. The summed E-state index contributed by atoms with van der Waals surface area (Å²) >= 11 is 0. The van der Waals surface area contributed by atoms with Crippen LogP contribution in [0.1, 0.15) is 47.5 Å². The Hall–Kier alpha value is -2.41. The third-order valence-electron chi connectivity index (χ3n) is 6.00. The van der Waals surface area contributed by atoms with Gasteiger partial charge in [0.1, 0.15) is 12.2 Å². The van der Waals surface area contributed by atoms with Gasteiger partial charge in [0.05, 0.1) is 11.5 Å². The van der Waals surface area contributed by atoms with E-state index >= 15 is 0 Å². The molecule has 0 saturated carbocycles. The molecule has 2 saturated heterocycles. The van der Waals surface area contributed by atoms with Crippen molar-refractivity contribution >= 4 is 17.9 Å². The second kappa shape index (κ2) is 7.78. The number of esters is 3. The zero-order valence-electron chi connectivity index (χ0n) is 17.5. The minimum absolute atomic E-state index is 0.189. The predicted octanol–water partition coefficient (Wildman–Crippen LogP) is 2.79. The van der Waals surface area contributed by atoms with E-state index in [1.807, 2.05) is 19.9 Å². The van der Waals surface area contributed by atoms with Crippen LogP contribution in [-0.4, -0.2) is 47.9 Å². The molecule has 2 aliphatic heterocycles. The molecule has 7 nitrogen and oxygen atoms in total. The molecular weight excluding hydrogens is 376 g/mol. The molecule has 2 heterocycles. The Kier molecular flexibility index (Phi) is 5.72. The molecule has 6 atom stereocenters. The van der Waals surface area contributed by atoms with Gasteiger partial charge in [-0.15, -0.1) is 0 Å². The lowest BCUT2D eigenvalue weighted by molar-refractivity contribution is -0.166. The van der Waals surface area contributed by atoms with Crippen LogP contribution in [0, 0.1) is 5.92 Å². The lowest BCUT2D eigenvalue weighted by Crippen LogP contribution is -2.46. The summed E-state index contributed by atoms with van der Waals surface area (Å²) in [6.07, 6.45) is 2.21. The third-order valence-corrected chi connectivity index (χ3v) is 6.00. The Balaban J connectivity index is 2.08. The van der Waals surface area contributed by atoms with E-state index in [2.05, 4.69) is 6.58 Å². The summed E-state index contributed by atoms with van der Waals surface area (Å²) in [7, 11) is 0. The van der Waals surface area contributed by atoms with E-state index in [1.54, 1.807) is 19.9 Å². The van der Waals surface area contributed by atoms with Gasteiger partial charge in [-0.3, -0.25) is 4.79 Å². The van der Waals surface area contributed by atoms with E-state index in [9.17, 15) is 14.4 Å². The normalized spacial score (nSPS) is 38.7. The van der Waals surface area contributed by atoms with Crippen LogP contribution in [0.3, 0.4) is 0 Å². The first-order valence-corrected chi connectivity index (χ1v) is 9.84. The van der Waals surface area contributed by atoms with E-state index < -0.39 is 47.7 Å². The fraction of sp³-hybridized carbons (Fsp3) is 0.591. The molecule has 0 N–H and O–H groups in total. The Morgan fingerprint density at radius 1 is 1.31 bits per heavy atom. The number of hydrogen-bond donors (Lipinski definition) is 0. The number of carbonyl (C=O) groups excluding carboxylic acids is 3. The largest absolute Gasteiger partial charge is 0.455 e. The first-order valence-electron chi connectivity index (χ1n) is 9.84. The lowest BCUT2D eigenvalue weighted by Gasteiger charge is -2.33. The highest BCUT2D eigenvalue weighted by Gasteiger charge is 2.64. The predicted molar refractivity (Wildman–Crippen MR) is 104 cm³/mol. The number of epoxide rings is 1. The van der Waals surface area contributed by atoms with Crippen molar-refractivity contribution in [2.45, 2.75) is 77.5 Å². The fourth-order valence-electron chi connectivity index (χ4n) is 4.07. The highest BCUT2D eigenvalue weighted by molar-refractivity contribution is 5.92. The zero-order valence-corrected chi connectivity index (χ0v) is 17.5. The third kappa shape index (κ3) is 4.01. The smallest absolute Gasteiger partial charge is 0.334 e. The molecule has 0 aromatic heterocycles. The minimum atomic E-state index is -0.965. The number of carbonyl (C=O) groups is 3. The van der Waals surface area contributed by atoms with E-state index in [0.29, 0.717) is 12.0 Å². The second-order valence-electron chi connectivity index (χ2n) is 8.13. The van der Waals surface area contributed by atoms with E-state index in [-0.39, 0.29) is 11.7 Å². The van der Waals surface area contributed by atoms with Crippen LogP contribution in [0.5, 0.6) is 0 Å². The van der Waals surface area contributed by atoms with Crippen molar-refractivity contribution in [2.24, 2.45) is 5.92 Å². The van der Waals surface area contributed by atoms with Crippen LogP contribution in [-0.2, 0) is 33.3 Å². The second-order valence-corrected chi connectivity index (χ2v) is 8.13. The molecule has 2 fully saturated rings. The van der Waals surface area contributed by atoms with Gasteiger partial charge in [0, 0.05) is 18.1 Å². The molecule has 0 spiro atoms. The number of allylic oxidation sites excluding steroid dienone is 2. The topological polar surface area (TPSA) is 91.4 Å². The van der Waals surface area contributed by atoms with Crippen LogP contribution >= 0.6 is 0 Å². The van der Waals surface area contributed by atoms with E-state index in [1.165, 1.54) is 6.92 Å². The van der Waals surface area contributed by atoms with Crippen molar-refractivity contribution in [3.63, 3.8) is 0 Å². The molecular formula is C22H28O7. The maximum Gasteiger partial charge on any atom is 0.334 e. The van der Waals surface area contributed by atoms with Crippen molar-refractivity contribution in [3.05, 3.63) is 35.5 Å². The van der Waals surface area contributed by atoms with Gasteiger partial charge in [-0.2, -0.15) is 0 Å². The number of ether oxygens (including phenoxy) is 4. The van der Waals surface area contributed by atoms with Crippen molar-refractivity contribution in [1.82, 2.24) is 0 Å². The standard InChI is InChI=1S/C22H28O7/c1-7-11(2)20(24)27-17-15-13(4)21(25)28-18(15)19-22(6,29-19)10-8-9-12(3)16(17)26-14(5)23/h7,9,15-19H,4,8,10H2,1-3,5-6H3/b11-7-,12-9+/t15?,16-,17-,18-,19-,22+/m1/s1. The summed E-state index contributed by atoms with van der Waals surface area (Å²) in [4.78, 5) is 36.9. The van der Waals surface area contributed by atoms with Crippen LogP contribution in [0.25, 0.3) is 0 Å². The quantitative estimate of drug-likeness (QED) is 0.235. The molecule has 3 rings (SSSR count). The number of rotatable bonds is 3. The van der Waals surface area contributed by atoms with Gasteiger partial charge in [-0.1, -0.05) is 18.7 Å². The molecule has 0 amide bonds. The molecule has 3 aliphatic rings. The summed E-state index contributed by atoms with van der Waals surface area (Å²) in [5, 5.41) is 0. The molecule has 0 aromatic carbocycles. The molecule has 0 aromatic rings. The van der Waals surface area contributed by atoms with Crippen molar-refractivity contribution in [3.8, 4) is 0 Å². The Bertz CT molecular complexity index is 808. The van der Waals surface area contributed by atoms with Gasteiger partial charge in [0.2, 0.25) is 0 Å². The van der Waals surface area contributed by atoms with Gasteiger partial charge in [0.25, 0.3) is 0 Å². The Morgan fingerprint density at radius 3 is 2.62 bits per heavy atom. The highest BCUT2D eigenvalue weighted by Crippen LogP contribution is 2.50. The summed E-state index contributed by atoms with van der Waals surface area (Å²) in [6, 6.07) is 0. The van der Waals surface area contributed by atoms with E-state index in [4.69, 9.17) is 18.9 Å². The monoisotopic (exact) mass is 404 g/mol. The summed E-state index contributed by atoms with van der Waals surface area (Å²) in [6.45, 7) is 12.3. The molecule has 0 bridgehead atoms. The van der Waals surface area contributed by atoms with Crippen molar-refractivity contribution < 1.29 is 33.3 Å². The van der Waals surface area contributed by atoms with Gasteiger partial charge < -0.3 is 18.9 Å². The highest BCUT2D eigenvalue weighted by atomic mass is 16.7. The lowest BCUT2D eigenvalue weighted by atomic mass is 9.80. The first kappa shape index (κ1) is 21.3. The molecule has 1 aliphatic carbocycles.